The summed E-state index contributed by atoms with van der Waals surface area (Å²) in [5.74, 6) is 0.0223. The predicted molar refractivity (Wildman–Crippen MR) is 71.5 cm³/mol. The summed E-state index contributed by atoms with van der Waals surface area (Å²) in [6, 6.07) is 8.13. The third-order valence-corrected chi connectivity index (χ3v) is 2.73. The molecule has 20 heavy (non-hydrogen) atoms. The van der Waals surface area contributed by atoms with Crippen molar-refractivity contribution in [2.24, 2.45) is 0 Å². The highest BCUT2D eigenvalue weighted by molar-refractivity contribution is 5.52. The zero-order valence-corrected chi connectivity index (χ0v) is 10.7. The third-order valence-electron chi connectivity index (χ3n) is 2.73. The molecule has 0 aliphatic heterocycles. The number of aryl methyl sites for hydroxylation is 1. The van der Waals surface area contributed by atoms with Crippen molar-refractivity contribution in [2.45, 2.75) is 13.1 Å². The highest BCUT2D eigenvalue weighted by Gasteiger charge is 2.34. The number of rotatable bonds is 2. The van der Waals surface area contributed by atoms with Gasteiger partial charge in [0.1, 0.15) is 17.1 Å². The lowest BCUT2D eigenvalue weighted by Crippen LogP contribution is -2.08. The molecule has 0 saturated heterocycles. The molecule has 0 heterocycles. The molecule has 0 spiro atoms. The van der Waals surface area contributed by atoms with E-state index in [2.05, 4.69) is 0 Å². The van der Waals surface area contributed by atoms with Gasteiger partial charge in [-0.1, -0.05) is 0 Å². The van der Waals surface area contributed by atoms with Crippen LogP contribution >= 0.6 is 0 Å². The molecule has 0 aliphatic carbocycles. The number of nitrogen functional groups attached to an aromatic ring is 2. The Balaban J connectivity index is 2.43. The van der Waals surface area contributed by atoms with Gasteiger partial charge in [0.15, 0.2) is 0 Å². The Hall–Kier alpha value is -2.37. The van der Waals surface area contributed by atoms with E-state index in [-0.39, 0.29) is 11.4 Å². The number of halogens is 3. The molecule has 4 N–H and O–H groups in total. The monoisotopic (exact) mass is 282 g/mol. The van der Waals surface area contributed by atoms with E-state index in [1.165, 1.54) is 18.2 Å². The van der Waals surface area contributed by atoms with Crippen LogP contribution in [0.4, 0.5) is 24.5 Å². The second kappa shape index (κ2) is 4.96. The molecule has 2 aromatic rings. The molecular formula is C14H13F3N2O. The van der Waals surface area contributed by atoms with Crippen LogP contribution in [0.5, 0.6) is 11.5 Å². The largest absolute Gasteiger partial charge is 0.456 e. The predicted octanol–water partition coefficient (Wildman–Crippen LogP) is 3.97. The minimum absolute atomic E-state index is 0.0266. The van der Waals surface area contributed by atoms with Gasteiger partial charge < -0.3 is 16.2 Å². The Morgan fingerprint density at radius 1 is 0.900 bits per heavy atom. The first-order chi connectivity index (χ1) is 9.27. The van der Waals surface area contributed by atoms with Crippen molar-refractivity contribution in [1.82, 2.24) is 0 Å². The second-order valence-electron chi connectivity index (χ2n) is 4.38. The van der Waals surface area contributed by atoms with Gasteiger partial charge in [0.05, 0.1) is 0 Å². The highest BCUT2D eigenvalue weighted by atomic mass is 19.4. The molecule has 2 aromatic carbocycles. The van der Waals surface area contributed by atoms with Gasteiger partial charge in [0.25, 0.3) is 0 Å². The molecular weight excluding hydrogens is 269 g/mol. The highest BCUT2D eigenvalue weighted by Crippen LogP contribution is 2.39. The van der Waals surface area contributed by atoms with Gasteiger partial charge in [-0.25, -0.2) is 0 Å². The van der Waals surface area contributed by atoms with E-state index in [9.17, 15) is 13.2 Å². The van der Waals surface area contributed by atoms with E-state index in [0.717, 1.165) is 6.07 Å². The minimum Gasteiger partial charge on any atom is -0.456 e. The van der Waals surface area contributed by atoms with Crippen LogP contribution in [0.15, 0.2) is 36.4 Å². The van der Waals surface area contributed by atoms with Gasteiger partial charge in [-0.05, 0) is 48.9 Å². The Bertz CT molecular complexity index is 639. The Kier molecular flexibility index (Phi) is 3.48. The number of ether oxygens (including phenoxy) is 1. The van der Waals surface area contributed by atoms with Crippen molar-refractivity contribution in [3.63, 3.8) is 0 Å². The summed E-state index contributed by atoms with van der Waals surface area (Å²) < 4.78 is 44.2. The Morgan fingerprint density at radius 3 is 2.00 bits per heavy atom. The standard InChI is InChI=1S/C14H13F3N2O/c1-8-6-9(18)2-4-12(8)20-13-5-3-10(19)7-11(13)14(15,16)17/h2-7H,18-19H2,1H3. The van der Waals surface area contributed by atoms with Crippen molar-refractivity contribution >= 4 is 11.4 Å². The molecule has 2 rings (SSSR count). The fourth-order valence-electron chi connectivity index (χ4n) is 1.76. The molecule has 0 radical (unpaired) electrons. The molecule has 0 atom stereocenters. The zero-order valence-electron chi connectivity index (χ0n) is 10.7. The molecule has 0 amide bonds. The number of anilines is 2. The van der Waals surface area contributed by atoms with Crippen LogP contribution in [0.2, 0.25) is 0 Å². The average molecular weight is 282 g/mol. The van der Waals surface area contributed by atoms with Gasteiger partial charge in [-0.15, -0.1) is 0 Å². The van der Waals surface area contributed by atoms with E-state index in [0.29, 0.717) is 17.0 Å². The average Bonchev–Trinajstić information content (AvgIpc) is 2.33. The zero-order chi connectivity index (χ0) is 14.9. The first kappa shape index (κ1) is 14.0. The third kappa shape index (κ3) is 2.96. The molecule has 0 bridgehead atoms. The van der Waals surface area contributed by atoms with Crippen LogP contribution in [0, 0.1) is 6.92 Å². The maximum Gasteiger partial charge on any atom is 0.420 e. The van der Waals surface area contributed by atoms with E-state index in [4.69, 9.17) is 16.2 Å². The molecule has 0 aromatic heterocycles. The topological polar surface area (TPSA) is 61.3 Å². The maximum atomic E-state index is 12.9. The summed E-state index contributed by atoms with van der Waals surface area (Å²) >= 11 is 0. The lowest BCUT2D eigenvalue weighted by Gasteiger charge is -2.15. The van der Waals surface area contributed by atoms with Gasteiger partial charge in [-0.3, -0.25) is 0 Å². The van der Waals surface area contributed by atoms with E-state index >= 15 is 0 Å². The van der Waals surface area contributed by atoms with E-state index < -0.39 is 11.7 Å². The maximum absolute atomic E-state index is 12.9. The van der Waals surface area contributed by atoms with Crippen molar-refractivity contribution in [3.05, 3.63) is 47.5 Å². The van der Waals surface area contributed by atoms with Crippen LogP contribution in [0.25, 0.3) is 0 Å². The number of alkyl halides is 3. The van der Waals surface area contributed by atoms with Crippen LogP contribution in [0.3, 0.4) is 0 Å². The molecule has 6 heteroatoms. The Morgan fingerprint density at radius 2 is 1.45 bits per heavy atom. The summed E-state index contributed by atoms with van der Waals surface area (Å²) in [6.07, 6.45) is -4.54. The van der Waals surface area contributed by atoms with Gasteiger partial charge >= 0.3 is 6.18 Å². The molecule has 0 saturated carbocycles. The summed E-state index contributed by atoms with van der Waals surface area (Å²) in [4.78, 5) is 0. The van der Waals surface area contributed by atoms with Crippen molar-refractivity contribution in [3.8, 4) is 11.5 Å². The first-order valence-corrected chi connectivity index (χ1v) is 5.78. The van der Waals surface area contributed by atoms with Gasteiger partial charge in [0, 0.05) is 11.4 Å². The number of hydrogen-bond donors (Lipinski definition) is 2. The molecule has 0 aliphatic rings. The van der Waals surface area contributed by atoms with Crippen LogP contribution in [0.1, 0.15) is 11.1 Å². The minimum atomic E-state index is -4.54. The number of hydrogen-bond acceptors (Lipinski definition) is 3. The van der Waals surface area contributed by atoms with Crippen LogP contribution < -0.4 is 16.2 Å². The smallest absolute Gasteiger partial charge is 0.420 e. The summed E-state index contributed by atoms with van der Waals surface area (Å²) in [5, 5.41) is 0. The van der Waals surface area contributed by atoms with Gasteiger partial charge in [-0.2, -0.15) is 13.2 Å². The molecule has 0 unspecified atom stereocenters. The van der Waals surface area contributed by atoms with Crippen LogP contribution in [-0.4, -0.2) is 0 Å². The first-order valence-electron chi connectivity index (χ1n) is 5.78. The fourth-order valence-corrected chi connectivity index (χ4v) is 1.76. The summed E-state index contributed by atoms with van der Waals surface area (Å²) in [5.41, 5.74) is 11.3. The molecule has 0 fully saturated rings. The summed E-state index contributed by atoms with van der Waals surface area (Å²) in [6.45, 7) is 1.70. The number of benzene rings is 2. The van der Waals surface area contributed by atoms with Crippen LogP contribution in [-0.2, 0) is 6.18 Å². The lowest BCUT2D eigenvalue weighted by atomic mass is 10.1. The van der Waals surface area contributed by atoms with Gasteiger partial charge in [0.2, 0.25) is 0 Å². The molecule has 3 nitrogen and oxygen atoms in total. The fraction of sp³-hybridized carbons (Fsp3) is 0.143. The van der Waals surface area contributed by atoms with Crippen molar-refractivity contribution < 1.29 is 17.9 Å². The quantitative estimate of drug-likeness (QED) is 0.819. The van der Waals surface area contributed by atoms with Crippen molar-refractivity contribution in [2.75, 3.05) is 11.5 Å². The second-order valence-corrected chi connectivity index (χ2v) is 4.38. The SMILES string of the molecule is Cc1cc(N)ccc1Oc1ccc(N)cc1C(F)(F)F. The normalized spacial score (nSPS) is 11.4. The Labute approximate surface area is 114 Å². The molecule has 106 valence electrons. The number of nitrogens with two attached hydrogens (primary N) is 2. The van der Waals surface area contributed by atoms with Crippen molar-refractivity contribution in [1.29, 1.82) is 0 Å². The van der Waals surface area contributed by atoms with E-state index in [1.807, 2.05) is 0 Å². The lowest BCUT2D eigenvalue weighted by molar-refractivity contribution is -0.138. The summed E-state index contributed by atoms with van der Waals surface area (Å²) in [7, 11) is 0. The van der Waals surface area contributed by atoms with E-state index in [1.54, 1.807) is 19.1 Å².